The van der Waals surface area contributed by atoms with E-state index < -0.39 is 5.97 Å². The lowest BCUT2D eigenvalue weighted by molar-refractivity contribution is -0.122. The molecular weight excluding hydrogens is 236 g/mol. The molecule has 2 heterocycles. The molecule has 1 aromatic heterocycles. The van der Waals surface area contributed by atoms with Gasteiger partial charge in [0.25, 0.3) is 0 Å². The lowest BCUT2D eigenvalue weighted by Gasteiger charge is -2.24. The van der Waals surface area contributed by atoms with E-state index in [1.807, 2.05) is 0 Å². The first kappa shape index (κ1) is 12.4. The van der Waals surface area contributed by atoms with Gasteiger partial charge in [0.05, 0.1) is 19.0 Å². The zero-order chi connectivity index (χ0) is 13.1. The van der Waals surface area contributed by atoms with Crippen molar-refractivity contribution in [3.05, 3.63) is 12.0 Å². The Morgan fingerprint density at radius 3 is 3.11 bits per heavy atom. The van der Waals surface area contributed by atoms with Crippen LogP contribution in [0.2, 0.25) is 0 Å². The highest BCUT2D eigenvalue weighted by molar-refractivity contribution is 5.92. The minimum Gasteiger partial charge on any atom is -0.461 e. The summed E-state index contributed by atoms with van der Waals surface area (Å²) in [5.41, 5.74) is 6.02. The molecule has 2 rings (SSSR count). The molecule has 0 bridgehead atoms. The van der Waals surface area contributed by atoms with E-state index in [1.165, 1.54) is 6.33 Å². The third kappa shape index (κ3) is 2.29. The molecule has 0 radical (unpaired) electrons. The first-order valence-electron chi connectivity index (χ1n) is 5.89. The van der Waals surface area contributed by atoms with E-state index in [2.05, 4.69) is 10.3 Å². The van der Waals surface area contributed by atoms with Gasteiger partial charge in [-0.3, -0.25) is 4.79 Å². The van der Waals surface area contributed by atoms with Gasteiger partial charge in [-0.05, 0) is 13.3 Å². The molecule has 98 valence electrons. The molecule has 18 heavy (non-hydrogen) atoms. The number of esters is 1. The van der Waals surface area contributed by atoms with E-state index in [-0.39, 0.29) is 30.1 Å². The number of carbonyl (C=O) groups is 2. The van der Waals surface area contributed by atoms with Crippen molar-refractivity contribution in [3.8, 4) is 0 Å². The van der Waals surface area contributed by atoms with Gasteiger partial charge in [0.2, 0.25) is 5.91 Å². The van der Waals surface area contributed by atoms with Gasteiger partial charge >= 0.3 is 5.97 Å². The van der Waals surface area contributed by atoms with E-state index >= 15 is 0 Å². The third-order valence-corrected chi connectivity index (χ3v) is 2.93. The number of ether oxygens (including phenoxy) is 1. The first-order chi connectivity index (χ1) is 8.63. The number of carbonyl (C=O) groups excluding carboxylic acids is 2. The topological polar surface area (TPSA) is 99.2 Å². The minimum atomic E-state index is -0.520. The Balaban J connectivity index is 2.15. The predicted molar refractivity (Wildman–Crippen MR) is 63.9 cm³/mol. The number of rotatable bonds is 3. The summed E-state index contributed by atoms with van der Waals surface area (Å²) < 4.78 is 6.58. The molecule has 1 aliphatic rings. The number of anilines is 1. The average Bonchev–Trinajstić information content (AvgIpc) is 2.73. The number of hydrogen-bond acceptors (Lipinski definition) is 5. The predicted octanol–water partition coefficient (Wildman–Crippen LogP) is 0.0931. The summed E-state index contributed by atoms with van der Waals surface area (Å²) in [7, 11) is 0. The van der Waals surface area contributed by atoms with E-state index in [4.69, 9.17) is 10.5 Å². The van der Waals surface area contributed by atoms with Crippen LogP contribution in [0.3, 0.4) is 0 Å². The molecule has 1 fully saturated rings. The summed E-state index contributed by atoms with van der Waals surface area (Å²) in [5.74, 6) is -0.196. The van der Waals surface area contributed by atoms with Crippen LogP contribution in [-0.4, -0.2) is 34.6 Å². The molecule has 1 aromatic rings. The van der Waals surface area contributed by atoms with Crippen LogP contribution in [0.1, 0.15) is 36.3 Å². The molecule has 7 heteroatoms. The third-order valence-electron chi connectivity index (χ3n) is 2.93. The zero-order valence-corrected chi connectivity index (χ0v) is 10.2. The second-order valence-corrected chi connectivity index (χ2v) is 4.10. The largest absolute Gasteiger partial charge is 0.461 e. The van der Waals surface area contributed by atoms with E-state index in [9.17, 15) is 9.59 Å². The molecule has 3 N–H and O–H groups in total. The fourth-order valence-electron chi connectivity index (χ4n) is 1.98. The summed E-state index contributed by atoms with van der Waals surface area (Å²) >= 11 is 0. The Bertz CT molecular complexity index is 459. The molecule has 1 aliphatic heterocycles. The SMILES string of the molecule is CCOC(=O)c1ncn(C2CCC(=O)NC2)c1N. The number of imidazole rings is 1. The highest BCUT2D eigenvalue weighted by Crippen LogP contribution is 2.22. The Kier molecular flexibility index (Phi) is 3.50. The van der Waals surface area contributed by atoms with Crippen LogP contribution in [0.4, 0.5) is 5.82 Å². The summed E-state index contributed by atoms with van der Waals surface area (Å²) in [6.45, 7) is 2.51. The smallest absolute Gasteiger partial charge is 0.360 e. The van der Waals surface area contributed by atoms with Crippen molar-refractivity contribution in [2.24, 2.45) is 0 Å². The maximum atomic E-state index is 11.6. The number of nitrogen functional groups attached to an aromatic ring is 1. The fraction of sp³-hybridized carbons (Fsp3) is 0.545. The summed E-state index contributed by atoms with van der Waals surface area (Å²) in [4.78, 5) is 26.6. The number of nitrogens with zero attached hydrogens (tertiary/aromatic N) is 2. The monoisotopic (exact) mass is 252 g/mol. The maximum Gasteiger partial charge on any atom is 0.360 e. The molecule has 0 aromatic carbocycles. The molecule has 1 saturated heterocycles. The Hall–Kier alpha value is -2.05. The van der Waals surface area contributed by atoms with Crippen LogP contribution in [0.5, 0.6) is 0 Å². The summed E-state index contributed by atoms with van der Waals surface area (Å²) in [5, 5.41) is 2.76. The van der Waals surface area contributed by atoms with Crippen molar-refractivity contribution < 1.29 is 14.3 Å². The van der Waals surface area contributed by atoms with Gasteiger partial charge in [0.1, 0.15) is 5.82 Å². The van der Waals surface area contributed by atoms with Gasteiger partial charge in [-0.25, -0.2) is 9.78 Å². The van der Waals surface area contributed by atoms with E-state index in [1.54, 1.807) is 11.5 Å². The number of amides is 1. The number of piperidine rings is 1. The first-order valence-corrected chi connectivity index (χ1v) is 5.89. The maximum absolute atomic E-state index is 11.6. The molecule has 0 spiro atoms. The molecule has 1 amide bonds. The van der Waals surface area contributed by atoms with Crippen molar-refractivity contribution in [1.29, 1.82) is 0 Å². The van der Waals surface area contributed by atoms with Crippen LogP contribution in [0.25, 0.3) is 0 Å². The van der Waals surface area contributed by atoms with Gasteiger partial charge < -0.3 is 20.4 Å². The number of nitrogens with two attached hydrogens (primary N) is 1. The Morgan fingerprint density at radius 2 is 2.50 bits per heavy atom. The van der Waals surface area contributed by atoms with E-state index in [0.29, 0.717) is 19.4 Å². The van der Waals surface area contributed by atoms with Crippen LogP contribution in [0, 0.1) is 0 Å². The molecule has 1 atom stereocenters. The lowest BCUT2D eigenvalue weighted by Crippen LogP contribution is -2.36. The van der Waals surface area contributed by atoms with Gasteiger partial charge in [-0.1, -0.05) is 0 Å². The number of nitrogens with one attached hydrogen (secondary N) is 1. The van der Waals surface area contributed by atoms with Crippen molar-refractivity contribution in [2.45, 2.75) is 25.8 Å². The normalized spacial score (nSPS) is 19.4. The molecule has 7 nitrogen and oxygen atoms in total. The zero-order valence-electron chi connectivity index (χ0n) is 10.2. The summed E-state index contributed by atoms with van der Waals surface area (Å²) in [6, 6.07) is 0.0402. The van der Waals surface area contributed by atoms with Gasteiger partial charge in [0.15, 0.2) is 5.69 Å². The van der Waals surface area contributed by atoms with E-state index in [0.717, 1.165) is 0 Å². The Labute approximate surface area is 104 Å². The van der Waals surface area contributed by atoms with Crippen LogP contribution in [0.15, 0.2) is 6.33 Å². The molecule has 0 saturated carbocycles. The van der Waals surface area contributed by atoms with Crippen LogP contribution < -0.4 is 11.1 Å². The van der Waals surface area contributed by atoms with Crippen molar-refractivity contribution in [2.75, 3.05) is 18.9 Å². The molecule has 1 unspecified atom stereocenters. The van der Waals surface area contributed by atoms with Gasteiger partial charge in [0, 0.05) is 13.0 Å². The highest BCUT2D eigenvalue weighted by atomic mass is 16.5. The quantitative estimate of drug-likeness (QED) is 0.743. The average molecular weight is 252 g/mol. The standard InChI is InChI=1S/C11H16N4O3/c1-2-18-11(17)9-10(12)15(6-14-9)7-3-4-8(16)13-5-7/h6-7H,2-5,12H2,1H3,(H,13,16). The number of hydrogen-bond donors (Lipinski definition) is 2. The van der Waals surface area contributed by atoms with Crippen molar-refractivity contribution in [1.82, 2.24) is 14.9 Å². The fourth-order valence-corrected chi connectivity index (χ4v) is 1.98. The van der Waals surface area contributed by atoms with Crippen molar-refractivity contribution >= 4 is 17.7 Å². The van der Waals surface area contributed by atoms with Gasteiger partial charge in [-0.2, -0.15) is 0 Å². The van der Waals surface area contributed by atoms with Gasteiger partial charge in [-0.15, -0.1) is 0 Å². The second kappa shape index (κ2) is 5.07. The lowest BCUT2D eigenvalue weighted by atomic mass is 10.1. The van der Waals surface area contributed by atoms with Crippen LogP contribution in [-0.2, 0) is 9.53 Å². The highest BCUT2D eigenvalue weighted by Gasteiger charge is 2.24. The summed E-state index contributed by atoms with van der Waals surface area (Å²) in [6.07, 6.45) is 2.66. The number of aromatic nitrogens is 2. The Morgan fingerprint density at radius 1 is 1.72 bits per heavy atom. The minimum absolute atomic E-state index is 0.0375. The second-order valence-electron chi connectivity index (χ2n) is 4.10. The van der Waals surface area contributed by atoms with Crippen LogP contribution >= 0.6 is 0 Å². The van der Waals surface area contributed by atoms with Crippen molar-refractivity contribution in [3.63, 3.8) is 0 Å². The molecule has 0 aliphatic carbocycles. The molecular formula is C11H16N4O3.